The van der Waals surface area contributed by atoms with Gasteiger partial charge in [-0.05, 0) is 182 Å². The molecule has 0 bridgehead atoms. The lowest BCUT2D eigenvalue weighted by atomic mass is 9.80. The van der Waals surface area contributed by atoms with Gasteiger partial charge in [-0.2, -0.15) is 0 Å². The lowest BCUT2D eigenvalue weighted by Gasteiger charge is -2.24. The van der Waals surface area contributed by atoms with Crippen LogP contribution in [0.1, 0.15) is 59.9 Å². The molecule has 4 aromatic heterocycles. The van der Waals surface area contributed by atoms with Crippen LogP contribution in [0.15, 0.2) is 182 Å². The Morgan fingerprint density at radius 1 is 0.607 bits per heavy atom. The van der Waals surface area contributed by atoms with Gasteiger partial charge in [0.15, 0.2) is 0 Å². The maximum atomic E-state index is 4.57. The Morgan fingerprint density at radius 3 is 1.69 bits per heavy atom. The molecule has 6 heteroatoms. The van der Waals surface area contributed by atoms with Crippen molar-refractivity contribution in [2.45, 2.75) is 32.1 Å². The largest absolute Gasteiger partial charge is 0.349 e. The van der Waals surface area contributed by atoms with Gasteiger partial charge in [0, 0.05) is 92.1 Å². The number of nitrogens with one attached hydrogen (secondary N) is 1. The SMILES string of the molecule is CNC#C/C=C(\C)c1cc(-c2cccnc2)cc(-c2cc(-c3cc(C4=CN=CCC4)cc(-c4cccnc4)c3)cc(C3C=C(c4cccnc4)C=C(c4cccnc4)C3)c2)c1. The molecule has 6 nitrogen and oxygen atoms in total. The van der Waals surface area contributed by atoms with Crippen LogP contribution in [0.3, 0.4) is 0 Å². The zero-order valence-corrected chi connectivity index (χ0v) is 34.3. The van der Waals surface area contributed by atoms with E-state index in [0.717, 1.165) is 91.6 Å². The van der Waals surface area contributed by atoms with Crippen molar-refractivity contribution in [3.63, 3.8) is 0 Å². The summed E-state index contributed by atoms with van der Waals surface area (Å²) in [6.45, 7) is 2.12. The minimum absolute atomic E-state index is 0.0601. The van der Waals surface area contributed by atoms with Crippen molar-refractivity contribution in [1.29, 1.82) is 0 Å². The number of aromatic nitrogens is 4. The van der Waals surface area contributed by atoms with Gasteiger partial charge in [0.2, 0.25) is 0 Å². The topological polar surface area (TPSA) is 76.0 Å². The zero-order chi connectivity index (χ0) is 41.4. The number of aliphatic imine (C=N–C) groups is 1. The standard InChI is InChI=1S/C55H44N6/c1-38(9-3-15-56-2)44-21-45(39-10-4-16-57-33-39)25-50(22-44)53-30-54(51-26-46(40-11-5-17-58-34-40)23-47(27-51)41-12-6-18-59-35-41)32-55(31-53)52-28-48(42-13-7-19-60-36-42)24-49(29-52)43-14-8-20-61-37-43/h4-7,9-13,16-26,28-37,51,56H,8,14,27H2,1-2H3/b38-9+. The third-order valence-electron chi connectivity index (χ3n) is 11.3. The van der Waals surface area contributed by atoms with E-state index in [-0.39, 0.29) is 5.92 Å². The van der Waals surface area contributed by atoms with Gasteiger partial charge < -0.3 is 5.32 Å². The fourth-order valence-electron chi connectivity index (χ4n) is 8.11. The van der Waals surface area contributed by atoms with Crippen molar-refractivity contribution >= 4 is 28.5 Å². The molecule has 0 amide bonds. The van der Waals surface area contributed by atoms with Crippen LogP contribution in [-0.2, 0) is 0 Å². The first-order valence-corrected chi connectivity index (χ1v) is 20.6. The number of rotatable bonds is 9. The second-order valence-corrected chi connectivity index (χ2v) is 15.4. The Labute approximate surface area is 358 Å². The van der Waals surface area contributed by atoms with Gasteiger partial charge in [0.05, 0.1) is 0 Å². The predicted molar refractivity (Wildman–Crippen MR) is 252 cm³/mol. The van der Waals surface area contributed by atoms with Gasteiger partial charge in [-0.25, -0.2) is 0 Å². The first-order chi connectivity index (χ1) is 30.1. The Bertz CT molecular complexity index is 2920. The first-order valence-electron chi connectivity index (χ1n) is 20.6. The van der Waals surface area contributed by atoms with Gasteiger partial charge in [-0.15, -0.1) is 0 Å². The van der Waals surface area contributed by atoms with Crippen LogP contribution in [0, 0.1) is 12.0 Å². The summed E-state index contributed by atoms with van der Waals surface area (Å²) >= 11 is 0. The molecule has 0 saturated carbocycles. The van der Waals surface area contributed by atoms with Gasteiger partial charge >= 0.3 is 0 Å². The van der Waals surface area contributed by atoms with Crippen molar-refractivity contribution in [2.75, 3.05) is 7.05 Å². The molecule has 2 aliphatic rings. The van der Waals surface area contributed by atoms with E-state index in [0.29, 0.717) is 0 Å². The van der Waals surface area contributed by atoms with Crippen LogP contribution >= 0.6 is 0 Å². The Hall–Kier alpha value is -7.75. The first kappa shape index (κ1) is 38.8. The average molecular weight is 789 g/mol. The minimum Gasteiger partial charge on any atom is -0.349 e. The van der Waals surface area contributed by atoms with E-state index in [1.54, 1.807) is 0 Å². The van der Waals surface area contributed by atoms with Crippen LogP contribution in [0.5, 0.6) is 0 Å². The smallest absolute Gasteiger partial charge is 0.0346 e. The summed E-state index contributed by atoms with van der Waals surface area (Å²) < 4.78 is 0. The van der Waals surface area contributed by atoms with E-state index >= 15 is 0 Å². The van der Waals surface area contributed by atoms with Crippen LogP contribution in [0.4, 0.5) is 0 Å². The van der Waals surface area contributed by atoms with Crippen molar-refractivity contribution in [3.05, 3.63) is 205 Å². The van der Waals surface area contributed by atoms with Crippen LogP contribution in [-0.4, -0.2) is 33.2 Å². The molecular formula is C55H44N6. The molecule has 1 aliphatic carbocycles. The zero-order valence-electron chi connectivity index (χ0n) is 34.3. The molecule has 5 heterocycles. The Morgan fingerprint density at radius 2 is 1.13 bits per heavy atom. The van der Waals surface area contributed by atoms with Crippen molar-refractivity contribution in [2.24, 2.45) is 4.99 Å². The normalized spacial score (nSPS) is 14.9. The lowest BCUT2D eigenvalue weighted by molar-refractivity contribution is 0.870. The summed E-state index contributed by atoms with van der Waals surface area (Å²) in [5, 5.41) is 2.93. The molecule has 1 aliphatic heterocycles. The van der Waals surface area contributed by atoms with Crippen molar-refractivity contribution in [1.82, 2.24) is 25.3 Å². The molecule has 0 fully saturated rings. The number of hydrogen-bond acceptors (Lipinski definition) is 6. The van der Waals surface area contributed by atoms with Gasteiger partial charge in [-0.3, -0.25) is 24.9 Å². The van der Waals surface area contributed by atoms with E-state index in [4.69, 9.17) is 0 Å². The van der Waals surface area contributed by atoms with E-state index < -0.39 is 0 Å². The molecule has 3 aromatic carbocycles. The minimum atomic E-state index is 0.0601. The molecule has 0 radical (unpaired) electrons. The molecule has 1 atom stereocenters. The van der Waals surface area contributed by atoms with Gasteiger partial charge in [0.25, 0.3) is 0 Å². The fraction of sp³-hybridized carbons (Fsp3) is 0.109. The van der Waals surface area contributed by atoms with E-state index in [2.05, 4.69) is 140 Å². The Kier molecular flexibility index (Phi) is 11.5. The Balaban J connectivity index is 1.28. The summed E-state index contributed by atoms with van der Waals surface area (Å²) in [6.07, 6.45) is 28.5. The van der Waals surface area contributed by atoms with Crippen LogP contribution in [0.25, 0.3) is 66.8 Å². The summed E-state index contributed by atoms with van der Waals surface area (Å²) in [5.41, 5.74) is 19.2. The highest BCUT2D eigenvalue weighted by molar-refractivity contribution is 5.89. The molecule has 0 spiro atoms. The molecule has 9 rings (SSSR count). The number of hydrogen-bond donors (Lipinski definition) is 1. The van der Waals surface area contributed by atoms with Gasteiger partial charge in [0.1, 0.15) is 0 Å². The fourth-order valence-corrected chi connectivity index (χ4v) is 8.11. The number of pyridine rings is 4. The van der Waals surface area contributed by atoms with Crippen LogP contribution in [0.2, 0.25) is 0 Å². The van der Waals surface area contributed by atoms with E-state index in [9.17, 15) is 0 Å². The quantitative estimate of drug-likeness (QED) is 0.116. The monoisotopic (exact) mass is 788 g/mol. The summed E-state index contributed by atoms with van der Waals surface area (Å²) in [4.78, 5) is 22.6. The molecule has 1 unspecified atom stereocenters. The average Bonchev–Trinajstić information content (AvgIpc) is 3.35. The maximum absolute atomic E-state index is 4.57. The predicted octanol–water partition coefficient (Wildman–Crippen LogP) is 12.4. The van der Waals surface area contributed by atoms with Crippen molar-refractivity contribution < 1.29 is 0 Å². The van der Waals surface area contributed by atoms with E-state index in [1.165, 1.54) is 22.3 Å². The molecular weight excluding hydrogens is 745 g/mol. The lowest BCUT2D eigenvalue weighted by Crippen LogP contribution is -2.05. The molecule has 1 N–H and O–H groups in total. The highest BCUT2D eigenvalue weighted by atomic mass is 14.8. The number of benzene rings is 3. The van der Waals surface area contributed by atoms with E-state index in [1.807, 2.05) is 99.4 Å². The summed E-state index contributed by atoms with van der Waals surface area (Å²) in [5.74, 6) is 3.21. The molecule has 7 aromatic rings. The summed E-state index contributed by atoms with van der Waals surface area (Å²) in [6, 6.07) is 40.4. The highest BCUT2D eigenvalue weighted by Crippen LogP contribution is 2.43. The third kappa shape index (κ3) is 8.97. The summed E-state index contributed by atoms with van der Waals surface area (Å²) in [7, 11) is 1.83. The van der Waals surface area contributed by atoms with Gasteiger partial charge in [-0.1, -0.05) is 54.5 Å². The second kappa shape index (κ2) is 18.0. The van der Waals surface area contributed by atoms with Crippen molar-refractivity contribution in [3.8, 4) is 56.5 Å². The number of allylic oxidation sites excluding steroid dienone is 7. The maximum Gasteiger partial charge on any atom is 0.0346 e. The van der Waals surface area contributed by atoms with Crippen LogP contribution < -0.4 is 5.32 Å². The second-order valence-electron chi connectivity index (χ2n) is 15.4. The number of nitrogens with zero attached hydrogens (tertiary/aromatic N) is 5. The molecule has 294 valence electrons. The molecule has 0 saturated heterocycles. The highest BCUT2D eigenvalue weighted by Gasteiger charge is 2.22. The molecule has 61 heavy (non-hydrogen) atoms. The third-order valence-corrected chi connectivity index (χ3v) is 11.3.